The van der Waals surface area contributed by atoms with Crippen LogP contribution in [0.1, 0.15) is 15.9 Å². The number of phenolic OH excluding ortho intramolecular Hbond substituents is 1. The van der Waals surface area contributed by atoms with Gasteiger partial charge in [0.2, 0.25) is 0 Å². The monoisotopic (exact) mass is 262 g/mol. The first-order chi connectivity index (χ1) is 8.58. The molecule has 2 N–H and O–H groups in total. The van der Waals surface area contributed by atoms with Gasteiger partial charge in [-0.2, -0.15) is 0 Å². The average Bonchev–Trinajstić information content (AvgIpc) is 2.34. The summed E-state index contributed by atoms with van der Waals surface area (Å²) < 4.78 is 0. The highest BCUT2D eigenvalue weighted by molar-refractivity contribution is 6.33. The summed E-state index contributed by atoms with van der Waals surface area (Å²) in [6, 6.07) is 8.14. The van der Waals surface area contributed by atoms with Gasteiger partial charge >= 0.3 is 0 Å². The molecule has 0 aliphatic carbocycles. The molecule has 0 saturated carbocycles. The number of pyridine rings is 1. The largest absolute Gasteiger partial charge is 0.506 e. The average molecular weight is 263 g/mol. The number of hydrogen-bond donors (Lipinski definition) is 2. The Balaban J connectivity index is 2.27. The van der Waals surface area contributed by atoms with Gasteiger partial charge in [-0.25, -0.2) is 4.98 Å². The fraction of sp³-hybridized carbons (Fsp3) is 0.0769. The van der Waals surface area contributed by atoms with Crippen molar-refractivity contribution in [2.45, 2.75) is 6.92 Å². The molecule has 18 heavy (non-hydrogen) atoms. The molecule has 0 aliphatic rings. The minimum absolute atomic E-state index is 0.00830. The van der Waals surface area contributed by atoms with Gasteiger partial charge in [-0.3, -0.25) is 4.79 Å². The highest BCUT2D eigenvalue weighted by Gasteiger charge is 2.12. The zero-order valence-corrected chi connectivity index (χ0v) is 10.4. The second-order valence-electron chi connectivity index (χ2n) is 3.82. The molecule has 92 valence electrons. The van der Waals surface area contributed by atoms with Crippen LogP contribution in [0.2, 0.25) is 5.15 Å². The first-order valence-electron chi connectivity index (χ1n) is 5.29. The van der Waals surface area contributed by atoms with Gasteiger partial charge in [0, 0.05) is 6.20 Å². The van der Waals surface area contributed by atoms with E-state index >= 15 is 0 Å². The molecule has 1 aromatic carbocycles. The van der Waals surface area contributed by atoms with E-state index in [0.29, 0.717) is 5.69 Å². The lowest BCUT2D eigenvalue weighted by Crippen LogP contribution is -2.13. The van der Waals surface area contributed by atoms with Crippen molar-refractivity contribution in [3.05, 3.63) is 52.8 Å². The summed E-state index contributed by atoms with van der Waals surface area (Å²) in [7, 11) is 0. The molecule has 0 bridgehead atoms. The number of halogens is 1. The lowest BCUT2D eigenvalue weighted by Gasteiger charge is -2.08. The van der Waals surface area contributed by atoms with Crippen LogP contribution >= 0.6 is 11.6 Å². The quantitative estimate of drug-likeness (QED) is 0.646. The number of anilines is 1. The van der Waals surface area contributed by atoms with Gasteiger partial charge in [0.05, 0.1) is 11.3 Å². The van der Waals surface area contributed by atoms with Gasteiger partial charge in [-0.1, -0.05) is 17.7 Å². The van der Waals surface area contributed by atoms with Crippen molar-refractivity contribution in [1.82, 2.24) is 4.98 Å². The maximum atomic E-state index is 12.0. The third kappa shape index (κ3) is 2.60. The van der Waals surface area contributed by atoms with Crippen LogP contribution in [0.4, 0.5) is 5.69 Å². The molecule has 0 aliphatic heterocycles. The van der Waals surface area contributed by atoms with Crippen molar-refractivity contribution in [3.63, 3.8) is 0 Å². The summed E-state index contributed by atoms with van der Waals surface area (Å²) >= 11 is 5.82. The molecule has 0 radical (unpaired) electrons. The Bertz CT molecular complexity index is 599. The van der Waals surface area contributed by atoms with Crippen LogP contribution in [0.5, 0.6) is 5.75 Å². The van der Waals surface area contributed by atoms with E-state index in [0.717, 1.165) is 5.56 Å². The molecular weight excluding hydrogens is 252 g/mol. The van der Waals surface area contributed by atoms with Gasteiger partial charge in [0.25, 0.3) is 5.91 Å². The number of benzene rings is 1. The van der Waals surface area contributed by atoms with E-state index < -0.39 is 5.91 Å². The van der Waals surface area contributed by atoms with Crippen molar-refractivity contribution in [3.8, 4) is 5.75 Å². The van der Waals surface area contributed by atoms with E-state index in [9.17, 15) is 9.90 Å². The van der Waals surface area contributed by atoms with Crippen molar-refractivity contribution >= 4 is 23.2 Å². The lowest BCUT2D eigenvalue weighted by molar-refractivity contribution is 0.102. The normalized spacial score (nSPS) is 10.1. The lowest BCUT2D eigenvalue weighted by atomic mass is 10.2. The molecule has 2 aromatic rings. The predicted octanol–water partition coefficient (Wildman–Crippen LogP) is 3.00. The molecule has 2 rings (SSSR count). The van der Waals surface area contributed by atoms with E-state index in [-0.39, 0.29) is 16.5 Å². The highest BCUT2D eigenvalue weighted by atomic mass is 35.5. The van der Waals surface area contributed by atoms with Crippen LogP contribution in [0.15, 0.2) is 36.5 Å². The Morgan fingerprint density at radius 3 is 2.89 bits per heavy atom. The molecule has 1 aromatic heterocycles. The van der Waals surface area contributed by atoms with Crippen molar-refractivity contribution in [2.24, 2.45) is 0 Å². The number of amides is 1. The standard InChI is InChI=1S/C13H11ClN2O2/c1-8-4-5-11(17)10(7-8)16-13(18)9-3-2-6-15-12(9)14/h2-7,17H,1H3,(H,16,18). The molecule has 5 heteroatoms. The molecule has 1 heterocycles. The van der Waals surface area contributed by atoms with Gasteiger partial charge in [-0.15, -0.1) is 0 Å². The molecule has 0 atom stereocenters. The number of nitrogens with zero attached hydrogens (tertiary/aromatic N) is 1. The zero-order valence-electron chi connectivity index (χ0n) is 9.64. The van der Waals surface area contributed by atoms with E-state index in [4.69, 9.17) is 11.6 Å². The molecule has 1 amide bonds. The maximum absolute atomic E-state index is 12.0. The Labute approximate surface area is 109 Å². The molecule has 4 nitrogen and oxygen atoms in total. The van der Waals surface area contributed by atoms with Crippen LogP contribution in [-0.4, -0.2) is 16.0 Å². The fourth-order valence-electron chi connectivity index (χ4n) is 1.50. The Morgan fingerprint density at radius 2 is 2.17 bits per heavy atom. The number of aryl methyl sites for hydroxylation is 1. The Hall–Kier alpha value is -2.07. The van der Waals surface area contributed by atoms with Gasteiger partial charge in [0.1, 0.15) is 10.9 Å². The van der Waals surface area contributed by atoms with Crippen LogP contribution in [0, 0.1) is 6.92 Å². The second-order valence-corrected chi connectivity index (χ2v) is 4.17. The van der Waals surface area contributed by atoms with Crippen molar-refractivity contribution in [2.75, 3.05) is 5.32 Å². The number of rotatable bonds is 2. The van der Waals surface area contributed by atoms with Gasteiger partial charge < -0.3 is 10.4 Å². The van der Waals surface area contributed by atoms with Crippen LogP contribution in [0.3, 0.4) is 0 Å². The third-order valence-electron chi connectivity index (χ3n) is 2.40. The summed E-state index contributed by atoms with van der Waals surface area (Å²) in [6.45, 7) is 1.87. The summed E-state index contributed by atoms with van der Waals surface area (Å²) in [6.07, 6.45) is 1.50. The molecular formula is C13H11ClN2O2. The van der Waals surface area contributed by atoms with Gasteiger partial charge in [-0.05, 0) is 36.8 Å². The summed E-state index contributed by atoms with van der Waals surface area (Å²) in [5.74, 6) is -0.400. The van der Waals surface area contributed by atoms with Gasteiger partial charge in [0.15, 0.2) is 0 Å². The molecule has 0 fully saturated rings. The minimum atomic E-state index is -0.408. The SMILES string of the molecule is Cc1ccc(O)c(NC(=O)c2cccnc2Cl)c1. The third-order valence-corrected chi connectivity index (χ3v) is 2.71. The number of phenols is 1. The minimum Gasteiger partial charge on any atom is -0.506 e. The fourth-order valence-corrected chi connectivity index (χ4v) is 1.70. The Morgan fingerprint density at radius 1 is 1.39 bits per heavy atom. The maximum Gasteiger partial charge on any atom is 0.258 e. The van der Waals surface area contributed by atoms with E-state index in [2.05, 4.69) is 10.3 Å². The predicted molar refractivity (Wildman–Crippen MR) is 70.0 cm³/mol. The molecule has 0 spiro atoms. The summed E-state index contributed by atoms with van der Waals surface area (Å²) in [5.41, 5.74) is 1.54. The van der Waals surface area contributed by atoms with Crippen molar-refractivity contribution < 1.29 is 9.90 Å². The highest BCUT2D eigenvalue weighted by Crippen LogP contribution is 2.25. The topological polar surface area (TPSA) is 62.2 Å². The number of aromatic nitrogens is 1. The van der Waals surface area contributed by atoms with E-state index in [1.807, 2.05) is 6.92 Å². The van der Waals surface area contributed by atoms with Crippen LogP contribution in [-0.2, 0) is 0 Å². The van der Waals surface area contributed by atoms with Crippen LogP contribution < -0.4 is 5.32 Å². The smallest absolute Gasteiger partial charge is 0.258 e. The van der Waals surface area contributed by atoms with Crippen molar-refractivity contribution in [1.29, 1.82) is 0 Å². The summed E-state index contributed by atoms with van der Waals surface area (Å²) in [5, 5.41) is 12.4. The number of hydrogen-bond acceptors (Lipinski definition) is 3. The van der Waals surface area contributed by atoms with E-state index in [1.54, 1.807) is 24.3 Å². The number of carbonyl (C=O) groups is 1. The second kappa shape index (κ2) is 5.06. The summed E-state index contributed by atoms with van der Waals surface area (Å²) in [4.78, 5) is 15.8. The van der Waals surface area contributed by atoms with E-state index in [1.165, 1.54) is 12.3 Å². The Kier molecular flexibility index (Phi) is 3.48. The number of aromatic hydroxyl groups is 1. The number of carbonyl (C=O) groups excluding carboxylic acids is 1. The molecule has 0 saturated heterocycles. The first kappa shape index (κ1) is 12.4. The number of nitrogens with one attached hydrogen (secondary N) is 1. The molecule has 0 unspecified atom stereocenters. The first-order valence-corrected chi connectivity index (χ1v) is 5.67. The zero-order chi connectivity index (χ0) is 13.1. The van der Waals surface area contributed by atoms with Crippen LogP contribution in [0.25, 0.3) is 0 Å².